The quantitative estimate of drug-likeness (QED) is 0.582. The topological polar surface area (TPSA) is 71.8 Å². The lowest BCUT2D eigenvalue weighted by molar-refractivity contribution is -0.135. The first-order valence-corrected chi connectivity index (χ1v) is 9.42. The fraction of sp³-hybridized carbons (Fsp3) is 0.167. The van der Waals surface area contributed by atoms with Crippen molar-refractivity contribution in [1.82, 2.24) is 0 Å². The summed E-state index contributed by atoms with van der Waals surface area (Å²) in [7, 11) is 3.21. The van der Waals surface area contributed by atoms with Crippen LogP contribution < -0.4 is 19.1 Å². The molecule has 0 aromatic heterocycles. The zero-order valence-electron chi connectivity index (χ0n) is 16.6. The lowest BCUT2D eigenvalue weighted by Crippen LogP contribution is -2.61. The Labute approximate surface area is 174 Å². The first-order chi connectivity index (χ1) is 14.6. The summed E-state index contributed by atoms with van der Waals surface area (Å²) in [6.45, 7) is 0. The van der Waals surface area contributed by atoms with Crippen LogP contribution in [0, 0.1) is 11.3 Å². The van der Waals surface area contributed by atoms with Crippen molar-refractivity contribution in [2.75, 3.05) is 19.1 Å². The minimum absolute atomic E-state index is 0.150. The summed E-state index contributed by atoms with van der Waals surface area (Å²) in [6.07, 6.45) is -0.700. The second-order valence-electron chi connectivity index (χ2n) is 6.80. The van der Waals surface area contributed by atoms with Gasteiger partial charge in [0.25, 0.3) is 5.91 Å². The Hall–Kier alpha value is -3.98. The number of rotatable bonds is 6. The molecule has 3 aromatic rings. The number of carbonyl (C=O) groups excluding carboxylic acids is 1. The molecule has 150 valence electrons. The SMILES string of the molecule is COc1ccc([C@@H]2[C@H](Oc3cccc(C#N)c3)C(=O)N2c2ccc(OC)cc2)cc1. The van der Waals surface area contributed by atoms with Crippen LogP contribution in [-0.2, 0) is 4.79 Å². The van der Waals surface area contributed by atoms with Gasteiger partial charge in [0, 0.05) is 5.69 Å². The number of hydrogen-bond donors (Lipinski definition) is 0. The summed E-state index contributed by atoms with van der Waals surface area (Å²) in [5.41, 5.74) is 2.16. The van der Waals surface area contributed by atoms with Crippen LogP contribution in [0.2, 0.25) is 0 Å². The monoisotopic (exact) mass is 400 g/mol. The van der Waals surface area contributed by atoms with Crippen LogP contribution in [0.5, 0.6) is 17.2 Å². The first kappa shape index (κ1) is 19.3. The fourth-order valence-corrected chi connectivity index (χ4v) is 3.52. The normalized spacial score (nSPS) is 17.6. The van der Waals surface area contributed by atoms with E-state index in [1.807, 2.05) is 48.5 Å². The second-order valence-corrected chi connectivity index (χ2v) is 6.80. The van der Waals surface area contributed by atoms with Crippen molar-refractivity contribution in [3.05, 3.63) is 83.9 Å². The molecule has 1 amide bonds. The van der Waals surface area contributed by atoms with Gasteiger partial charge in [0.15, 0.2) is 0 Å². The Balaban J connectivity index is 1.67. The van der Waals surface area contributed by atoms with Crippen LogP contribution in [0.3, 0.4) is 0 Å². The molecule has 1 aliphatic heterocycles. The first-order valence-electron chi connectivity index (χ1n) is 9.42. The molecule has 1 aliphatic rings. The number of ether oxygens (including phenoxy) is 3. The Morgan fingerprint density at radius 1 is 0.867 bits per heavy atom. The fourth-order valence-electron chi connectivity index (χ4n) is 3.52. The summed E-state index contributed by atoms with van der Waals surface area (Å²) in [5.74, 6) is 1.79. The van der Waals surface area contributed by atoms with E-state index in [9.17, 15) is 4.79 Å². The molecule has 0 unspecified atom stereocenters. The molecule has 0 N–H and O–H groups in total. The van der Waals surface area contributed by atoms with Gasteiger partial charge in [-0.1, -0.05) is 18.2 Å². The van der Waals surface area contributed by atoms with Crippen LogP contribution in [-0.4, -0.2) is 26.2 Å². The molecular weight excluding hydrogens is 380 g/mol. The Kier molecular flexibility index (Phi) is 5.27. The minimum Gasteiger partial charge on any atom is -0.497 e. The van der Waals surface area contributed by atoms with Gasteiger partial charge in [-0.25, -0.2) is 0 Å². The molecule has 1 heterocycles. The van der Waals surface area contributed by atoms with Gasteiger partial charge < -0.3 is 14.2 Å². The average molecular weight is 400 g/mol. The van der Waals surface area contributed by atoms with Crippen molar-refractivity contribution in [1.29, 1.82) is 5.26 Å². The van der Waals surface area contributed by atoms with E-state index in [2.05, 4.69) is 6.07 Å². The van der Waals surface area contributed by atoms with Crippen molar-refractivity contribution in [2.24, 2.45) is 0 Å². The zero-order chi connectivity index (χ0) is 21.1. The summed E-state index contributed by atoms with van der Waals surface area (Å²) in [6, 6.07) is 23.5. The number of β-lactam (4-membered cyclic amide) rings is 1. The third kappa shape index (κ3) is 3.53. The lowest BCUT2D eigenvalue weighted by atomic mass is 9.89. The van der Waals surface area contributed by atoms with Gasteiger partial charge in [0.2, 0.25) is 6.10 Å². The van der Waals surface area contributed by atoms with Crippen LogP contribution in [0.1, 0.15) is 17.2 Å². The van der Waals surface area contributed by atoms with Crippen molar-refractivity contribution in [3.63, 3.8) is 0 Å². The van der Waals surface area contributed by atoms with Crippen LogP contribution in [0.15, 0.2) is 72.8 Å². The number of hydrogen-bond acceptors (Lipinski definition) is 5. The van der Waals surface area contributed by atoms with Crippen LogP contribution in [0.4, 0.5) is 5.69 Å². The largest absolute Gasteiger partial charge is 0.497 e. The summed E-state index contributed by atoms with van der Waals surface area (Å²) in [5, 5.41) is 9.13. The second kappa shape index (κ2) is 8.18. The highest BCUT2D eigenvalue weighted by Crippen LogP contribution is 2.42. The van der Waals surface area contributed by atoms with E-state index in [0.717, 1.165) is 17.0 Å². The Morgan fingerprint density at radius 2 is 1.50 bits per heavy atom. The molecule has 0 bridgehead atoms. The van der Waals surface area contributed by atoms with Gasteiger partial charge >= 0.3 is 0 Å². The summed E-state index contributed by atoms with van der Waals surface area (Å²) < 4.78 is 16.5. The maximum Gasteiger partial charge on any atom is 0.271 e. The third-order valence-corrected chi connectivity index (χ3v) is 5.08. The smallest absolute Gasteiger partial charge is 0.271 e. The predicted molar refractivity (Wildman–Crippen MR) is 112 cm³/mol. The number of anilines is 1. The zero-order valence-corrected chi connectivity index (χ0v) is 16.6. The van der Waals surface area contributed by atoms with Crippen molar-refractivity contribution in [2.45, 2.75) is 12.1 Å². The van der Waals surface area contributed by atoms with E-state index < -0.39 is 6.10 Å². The highest BCUT2D eigenvalue weighted by Gasteiger charge is 2.51. The molecule has 2 atom stereocenters. The van der Waals surface area contributed by atoms with Gasteiger partial charge in [-0.2, -0.15) is 5.26 Å². The highest BCUT2D eigenvalue weighted by atomic mass is 16.5. The van der Waals surface area contributed by atoms with E-state index in [0.29, 0.717) is 17.1 Å². The molecule has 0 aliphatic carbocycles. The van der Waals surface area contributed by atoms with E-state index in [1.54, 1.807) is 43.4 Å². The Morgan fingerprint density at radius 3 is 2.10 bits per heavy atom. The van der Waals surface area contributed by atoms with Gasteiger partial charge in [0.1, 0.15) is 23.3 Å². The number of benzene rings is 3. The number of carbonyl (C=O) groups is 1. The van der Waals surface area contributed by atoms with Crippen molar-refractivity contribution in [3.8, 4) is 23.3 Å². The standard InChI is InChI=1S/C24H20N2O4/c1-28-19-10-6-17(7-11-19)22-23(30-21-5-3-4-16(14-21)15-25)24(27)26(22)18-8-12-20(29-2)13-9-18/h3-14,22-23H,1-2H3/t22-,23+/m1/s1. The molecule has 1 saturated heterocycles. The molecule has 6 nitrogen and oxygen atoms in total. The van der Waals surface area contributed by atoms with Gasteiger partial charge in [-0.05, 0) is 60.2 Å². The Bertz CT molecular complexity index is 1090. The van der Waals surface area contributed by atoms with E-state index in [-0.39, 0.29) is 11.9 Å². The highest BCUT2D eigenvalue weighted by molar-refractivity contribution is 6.05. The molecule has 0 saturated carbocycles. The molecule has 1 fully saturated rings. The van der Waals surface area contributed by atoms with Crippen LogP contribution >= 0.6 is 0 Å². The predicted octanol–water partition coefficient (Wildman–Crippen LogP) is 4.11. The molecule has 4 rings (SSSR count). The van der Waals surface area contributed by atoms with E-state index in [4.69, 9.17) is 19.5 Å². The molecule has 30 heavy (non-hydrogen) atoms. The van der Waals surface area contributed by atoms with Crippen molar-refractivity contribution >= 4 is 11.6 Å². The number of nitrogens with zero attached hydrogens (tertiary/aromatic N) is 2. The summed E-state index contributed by atoms with van der Waals surface area (Å²) >= 11 is 0. The molecule has 0 radical (unpaired) electrons. The molecule has 3 aromatic carbocycles. The van der Waals surface area contributed by atoms with E-state index in [1.165, 1.54) is 0 Å². The lowest BCUT2D eigenvalue weighted by Gasteiger charge is -2.46. The van der Waals surface area contributed by atoms with E-state index >= 15 is 0 Å². The van der Waals surface area contributed by atoms with Crippen molar-refractivity contribution < 1.29 is 19.0 Å². The molecular formula is C24H20N2O4. The maximum absolute atomic E-state index is 13.1. The van der Waals surface area contributed by atoms with Gasteiger partial charge in [-0.15, -0.1) is 0 Å². The van der Waals surface area contributed by atoms with Gasteiger partial charge in [0.05, 0.1) is 25.9 Å². The average Bonchev–Trinajstić information content (AvgIpc) is 2.81. The number of methoxy groups -OCH3 is 2. The number of nitriles is 1. The van der Waals surface area contributed by atoms with Gasteiger partial charge in [-0.3, -0.25) is 9.69 Å². The number of amides is 1. The minimum atomic E-state index is -0.700. The summed E-state index contributed by atoms with van der Waals surface area (Å²) in [4.78, 5) is 14.8. The maximum atomic E-state index is 13.1. The molecule has 0 spiro atoms. The van der Waals surface area contributed by atoms with Crippen LogP contribution in [0.25, 0.3) is 0 Å². The molecule has 6 heteroatoms. The third-order valence-electron chi connectivity index (χ3n) is 5.08.